The second kappa shape index (κ2) is 13.7. The highest BCUT2D eigenvalue weighted by Gasteiger charge is 2.21. The first-order valence-corrected chi connectivity index (χ1v) is 14.0. The molecule has 4 rings (SSSR count). The Labute approximate surface area is 244 Å². The number of nitrogens with zero attached hydrogens (tertiary/aromatic N) is 2. The number of rotatable bonds is 11. The summed E-state index contributed by atoms with van der Waals surface area (Å²) in [6.07, 6.45) is 3.85. The first-order chi connectivity index (χ1) is 20.2. The number of nitrogen functional groups attached to an aromatic ring is 1. The number of ether oxygens (including phenoxy) is 2. The fourth-order valence-corrected chi connectivity index (χ4v) is 4.88. The molecule has 0 spiro atoms. The summed E-state index contributed by atoms with van der Waals surface area (Å²) in [5.41, 5.74) is 10.4. The third-order valence-electron chi connectivity index (χ3n) is 6.77. The van der Waals surface area contributed by atoms with Gasteiger partial charge in [0.05, 0.1) is 13.2 Å². The third kappa shape index (κ3) is 7.06. The molecule has 2 amide bonds. The maximum absolute atomic E-state index is 14.0. The van der Waals surface area contributed by atoms with Gasteiger partial charge in [-0.3, -0.25) is 14.2 Å². The van der Waals surface area contributed by atoms with Gasteiger partial charge in [0.2, 0.25) is 0 Å². The predicted octanol–water partition coefficient (Wildman–Crippen LogP) is 6.04. The van der Waals surface area contributed by atoms with Gasteiger partial charge in [0.1, 0.15) is 17.1 Å². The average Bonchev–Trinajstić information content (AvgIpc) is 2.95. The monoisotopic (exact) mass is 571 g/mol. The van der Waals surface area contributed by atoms with Crippen molar-refractivity contribution in [1.29, 1.82) is 0 Å². The Balaban J connectivity index is 1.77. The van der Waals surface area contributed by atoms with Crippen molar-refractivity contribution in [3.63, 3.8) is 0 Å². The standard InChI is InChI=1S/C32H37N5O5/c1-5-6-14-37-30-26(12-8-13-34-30)27(23-10-7-11-25(19-23)42-16-9-15-41-22(4)38)29(31(37)39)36-32(40)35-28-20(2)17-24(33)18-21(28)3/h7-8,10-13,17-19H,5-6,9,14-16,33H2,1-4H3,(H2,35,36,40). The van der Waals surface area contributed by atoms with Crippen LogP contribution in [-0.4, -0.2) is 34.8 Å². The number of pyridine rings is 2. The van der Waals surface area contributed by atoms with Gasteiger partial charge in [-0.25, -0.2) is 9.78 Å². The molecule has 220 valence electrons. The van der Waals surface area contributed by atoms with Crippen molar-refractivity contribution >= 4 is 40.1 Å². The van der Waals surface area contributed by atoms with Crippen molar-refractivity contribution < 1.29 is 19.1 Å². The van der Waals surface area contributed by atoms with Gasteiger partial charge in [0.15, 0.2) is 0 Å². The molecule has 0 saturated heterocycles. The Bertz CT molecular complexity index is 1640. The largest absolute Gasteiger partial charge is 0.493 e. The molecule has 0 aliphatic carbocycles. The van der Waals surface area contributed by atoms with Crippen LogP contribution in [0.2, 0.25) is 0 Å². The van der Waals surface area contributed by atoms with E-state index in [9.17, 15) is 14.4 Å². The third-order valence-corrected chi connectivity index (χ3v) is 6.77. The summed E-state index contributed by atoms with van der Waals surface area (Å²) < 4.78 is 12.5. The lowest BCUT2D eigenvalue weighted by Gasteiger charge is -2.19. The zero-order valence-corrected chi connectivity index (χ0v) is 24.5. The van der Waals surface area contributed by atoms with Crippen LogP contribution in [0, 0.1) is 13.8 Å². The Morgan fingerprint density at radius 1 is 0.976 bits per heavy atom. The van der Waals surface area contributed by atoms with Crippen LogP contribution in [0.3, 0.4) is 0 Å². The van der Waals surface area contributed by atoms with Crippen LogP contribution in [0.5, 0.6) is 5.75 Å². The number of hydrogen-bond donors (Lipinski definition) is 3. The molecule has 0 aliphatic rings. The fourth-order valence-electron chi connectivity index (χ4n) is 4.88. The molecular weight excluding hydrogens is 534 g/mol. The van der Waals surface area contributed by atoms with Crippen molar-refractivity contribution in [2.45, 2.75) is 53.5 Å². The maximum Gasteiger partial charge on any atom is 0.323 e. The first kappa shape index (κ1) is 30.1. The average molecular weight is 572 g/mol. The molecule has 0 unspecified atom stereocenters. The van der Waals surface area contributed by atoms with Crippen molar-refractivity contribution in [1.82, 2.24) is 9.55 Å². The highest BCUT2D eigenvalue weighted by Crippen LogP contribution is 2.35. The van der Waals surface area contributed by atoms with E-state index >= 15 is 0 Å². The van der Waals surface area contributed by atoms with Crippen LogP contribution in [0.25, 0.3) is 22.2 Å². The number of hydrogen-bond acceptors (Lipinski definition) is 7. The van der Waals surface area contributed by atoms with E-state index < -0.39 is 6.03 Å². The van der Waals surface area contributed by atoms with Gasteiger partial charge in [0, 0.05) is 48.4 Å². The summed E-state index contributed by atoms with van der Waals surface area (Å²) >= 11 is 0. The Morgan fingerprint density at radius 2 is 1.71 bits per heavy atom. The highest BCUT2D eigenvalue weighted by atomic mass is 16.5. The molecule has 10 nitrogen and oxygen atoms in total. The lowest BCUT2D eigenvalue weighted by molar-refractivity contribution is -0.141. The van der Waals surface area contributed by atoms with Gasteiger partial charge >= 0.3 is 12.0 Å². The normalized spacial score (nSPS) is 10.9. The van der Waals surface area contributed by atoms with Crippen molar-refractivity contribution in [2.75, 3.05) is 29.6 Å². The number of urea groups is 1. The van der Waals surface area contributed by atoms with Crippen molar-refractivity contribution in [3.05, 3.63) is 76.2 Å². The molecule has 0 radical (unpaired) electrons. The number of amides is 2. The van der Waals surface area contributed by atoms with E-state index in [1.165, 1.54) is 6.92 Å². The number of carbonyl (C=O) groups excluding carboxylic acids is 2. The quantitative estimate of drug-likeness (QED) is 0.113. The zero-order chi connectivity index (χ0) is 30.2. The van der Waals surface area contributed by atoms with E-state index in [-0.39, 0.29) is 23.8 Å². The molecule has 0 saturated carbocycles. The number of benzene rings is 2. The van der Waals surface area contributed by atoms with E-state index in [2.05, 4.69) is 22.5 Å². The van der Waals surface area contributed by atoms with Gasteiger partial charge in [-0.1, -0.05) is 25.5 Å². The first-order valence-electron chi connectivity index (χ1n) is 14.0. The van der Waals surface area contributed by atoms with Gasteiger partial charge in [0.25, 0.3) is 5.56 Å². The minimum absolute atomic E-state index is 0.141. The molecule has 0 bridgehead atoms. The summed E-state index contributed by atoms with van der Waals surface area (Å²) in [6, 6.07) is 14.0. The van der Waals surface area contributed by atoms with Crippen LogP contribution in [0.1, 0.15) is 44.2 Å². The molecule has 42 heavy (non-hydrogen) atoms. The predicted molar refractivity (Wildman–Crippen MR) is 166 cm³/mol. The van der Waals surface area contributed by atoms with E-state index in [0.29, 0.717) is 53.5 Å². The number of esters is 1. The van der Waals surface area contributed by atoms with Gasteiger partial charge < -0.3 is 25.8 Å². The molecule has 0 fully saturated rings. The van der Waals surface area contributed by atoms with Gasteiger partial charge in [-0.05, 0) is 73.4 Å². The Hall–Kier alpha value is -4.86. The molecule has 2 aromatic heterocycles. The Kier molecular flexibility index (Phi) is 9.80. The van der Waals surface area contributed by atoms with Crippen LogP contribution in [0.15, 0.2) is 59.5 Å². The molecule has 0 aliphatic heterocycles. The molecule has 2 aromatic carbocycles. The lowest BCUT2D eigenvalue weighted by Crippen LogP contribution is -2.30. The fraction of sp³-hybridized carbons (Fsp3) is 0.312. The number of anilines is 3. The van der Waals surface area contributed by atoms with E-state index in [1.54, 1.807) is 29.0 Å². The molecule has 4 aromatic rings. The number of nitrogens with one attached hydrogen (secondary N) is 2. The molecule has 10 heteroatoms. The smallest absolute Gasteiger partial charge is 0.323 e. The van der Waals surface area contributed by atoms with E-state index in [1.807, 2.05) is 44.2 Å². The van der Waals surface area contributed by atoms with Crippen molar-refractivity contribution in [2.24, 2.45) is 0 Å². The van der Waals surface area contributed by atoms with E-state index in [0.717, 1.165) is 29.4 Å². The summed E-state index contributed by atoms with van der Waals surface area (Å²) in [7, 11) is 0. The minimum Gasteiger partial charge on any atom is -0.493 e. The number of aryl methyl sites for hydroxylation is 3. The zero-order valence-electron chi connectivity index (χ0n) is 24.5. The molecule has 2 heterocycles. The van der Waals surface area contributed by atoms with Crippen LogP contribution >= 0.6 is 0 Å². The van der Waals surface area contributed by atoms with Crippen LogP contribution < -0.4 is 26.7 Å². The summed E-state index contributed by atoms with van der Waals surface area (Å²) in [5.74, 6) is 0.239. The molecular formula is C32H37N5O5. The number of aromatic nitrogens is 2. The maximum atomic E-state index is 14.0. The summed E-state index contributed by atoms with van der Waals surface area (Å²) in [4.78, 5) is 43.0. The van der Waals surface area contributed by atoms with Crippen LogP contribution in [-0.2, 0) is 16.1 Å². The number of unbranched alkanes of at least 4 members (excludes halogenated alkanes) is 1. The topological polar surface area (TPSA) is 138 Å². The van der Waals surface area contributed by atoms with E-state index in [4.69, 9.17) is 15.2 Å². The summed E-state index contributed by atoms with van der Waals surface area (Å²) in [6.45, 7) is 8.20. The highest BCUT2D eigenvalue weighted by molar-refractivity contribution is 6.07. The van der Waals surface area contributed by atoms with Gasteiger partial charge in [-0.15, -0.1) is 0 Å². The second-order valence-corrected chi connectivity index (χ2v) is 10.1. The van der Waals surface area contributed by atoms with Crippen molar-refractivity contribution in [3.8, 4) is 16.9 Å². The van der Waals surface area contributed by atoms with Crippen LogP contribution in [0.4, 0.5) is 21.9 Å². The summed E-state index contributed by atoms with van der Waals surface area (Å²) in [5, 5.41) is 6.48. The number of fused-ring (bicyclic) bond motifs is 1. The SMILES string of the molecule is CCCCn1c(=O)c(NC(=O)Nc2c(C)cc(N)cc2C)c(-c2cccc(OCCCOC(C)=O)c2)c2cccnc21. The second-order valence-electron chi connectivity index (χ2n) is 10.1. The molecule has 4 N–H and O–H groups in total. The minimum atomic E-state index is -0.549. The number of nitrogens with two attached hydrogens (primary N) is 1. The lowest BCUT2D eigenvalue weighted by atomic mass is 10.00. The van der Waals surface area contributed by atoms with Gasteiger partial charge in [-0.2, -0.15) is 0 Å². The Morgan fingerprint density at radius 3 is 2.43 bits per heavy atom. The molecule has 0 atom stereocenters. The number of carbonyl (C=O) groups is 2.